The number of imidazole rings is 1. The van der Waals surface area contributed by atoms with Gasteiger partial charge in [-0.15, -0.1) is 10.2 Å². The predicted octanol–water partition coefficient (Wildman–Crippen LogP) is 3.50. The Labute approximate surface area is 158 Å². The molecule has 1 aliphatic rings. The molecule has 1 aromatic carbocycles. The van der Waals surface area contributed by atoms with Crippen molar-refractivity contribution in [1.29, 1.82) is 0 Å². The molecule has 7 nitrogen and oxygen atoms in total. The Bertz CT molecular complexity index is 1030. The molecule has 148 valence electrons. The van der Waals surface area contributed by atoms with E-state index in [9.17, 15) is 18.3 Å². The van der Waals surface area contributed by atoms with Crippen molar-refractivity contribution in [2.24, 2.45) is 0 Å². The average Bonchev–Trinajstić information content (AvgIpc) is 3.21. The predicted molar refractivity (Wildman–Crippen MR) is 94.9 cm³/mol. The van der Waals surface area contributed by atoms with Crippen molar-refractivity contribution in [3.63, 3.8) is 0 Å². The third kappa shape index (κ3) is 3.35. The van der Waals surface area contributed by atoms with Crippen LogP contribution in [0.3, 0.4) is 0 Å². The molecule has 3 aromatic rings. The van der Waals surface area contributed by atoms with Crippen molar-refractivity contribution in [2.75, 3.05) is 11.9 Å². The van der Waals surface area contributed by atoms with E-state index in [0.29, 0.717) is 24.1 Å². The van der Waals surface area contributed by atoms with Crippen LogP contribution < -0.4 is 5.32 Å². The molecule has 0 amide bonds. The fourth-order valence-corrected chi connectivity index (χ4v) is 3.34. The van der Waals surface area contributed by atoms with Crippen LogP contribution in [0, 0.1) is 0 Å². The molecule has 1 fully saturated rings. The lowest BCUT2D eigenvalue weighted by atomic mass is 10.0. The number of ether oxygens (including phenoxy) is 1. The molecular weight excluding hydrogens is 375 g/mol. The van der Waals surface area contributed by atoms with Gasteiger partial charge in [0.05, 0.1) is 29.4 Å². The second kappa shape index (κ2) is 6.33. The standard InChI is InChI=1S/C18H18F3N5O2/c1-17(2)8-11(9-28-17)23-14-16-22-5-6-26(16)15(25-24-14)12-4-3-10(7-13(12)27)18(19,20)21/h3-7,11,27H,8-9H2,1-2H3,(H,23,24). The molecule has 0 bridgehead atoms. The van der Waals surface area contributed by atoms with E-state index < -0.39 is 17.5 Å². The Morgan fingerprint density at radius 3 is 2.71 bits per heavy atom. The zero-order valence-electron chi connectivity index (χ0n) is 15.2. The Morgan fingerprint density at radius 1 is 1.29 bits per heavy atom. The smallest absolute Gasteiger partial charge is 0.416 e. The van der Waals surface area contributed by atoms with Crippen LogP contribution in [-0.2, 0) is 10.9 Å². The van der Waals surface area contributed by atoms with Crippen molar-refractivity contribution in [1.82, 2.24) is 19.6 Å². The fourth-order valence-electron chi connectivity index (χ4n) is 3.34. The highest BCUT2D eigenvalue weighted by molar-refractivity contribution is 5.71. The minimum atomic E-state index is -4.54. The summed E-state index contributed by atoms with van der Waals surface area (Å²) < 4.78 is 45.8. The number of hydrogen-bond acceptors (Lipinski definition) is 6. The Morgan fingerprint density at radius 2 is 2.07 bits per heavy atom. The van der Waals surface area contributed by atoms with Crippen molar-refractivity contribution in [3.8, 4) is 17.1 Å². The maximum atomic E-state index is 12.8. The maximum absolute atomic E-state index is 12.8. The SMILES string of the molecule is CC1(C)CC(Nc2nnc(-c3ccc(C(F)(F)F)cc3O)n3ccnc23)CO1. The Hall–Kier alpha value is -2.88. The molecule has 2 N–H and O–H groups in total. The number of anilines is 1. The molecule has 2 aromatic heterocycles. The van der Waals surface area contributed by atoms with E-state index in [0.717, 1.165) is 12.5 Å². The largest absolute Gasteiger partial charge is 0.507 e. The zero-order valence-corrected chi connectivity index (χ0v) is 15.2. The molecule has 0 radical (unpaired) electrons. The van der Waals surface area contributed by atoms with E-state index in [1.165, 1.54) is 12.3 Å². The first-order valence-electron chi connectivity index (χ1n) is 8.65. The summed E-state index contributed by atoms with van der Waals surface area (Å²) in [6.45, 7) is 4.52. The van der Waals surface area contributed by atoms with E-state index in [1.807, 2.05) is 13.8 Å². The molecular formula is C18H18F3N5O2. The van der Waals surface area contributed by atoms with Gasteiger partial charge in [0.1, 0.15) is 5.75 Å². The number of nitrogens with one attached hydrogen (secondary N) is 1. The first kappa shape index (κ1) is 18.5. The maximum Gasteiger partial charge on any atom is 0.416 e. The van der Waals surface area contributed by atoms with E-state index in [2.05, 4.69) is 20.5 Å². The quantitative estimate of drug-likeness (QED) is 0.709. The van der Waals surface area contributed by atoms with Gasteiger partial charge >= 0.3 is 6.18 Å². The third-order valence-electron chi connectivity index (χ3n) is 4.65. The molecule has 1 aliphatic heterocycles. The summed E-state index contributed by atoms with van der Waals surface area (Å²) in [5, 5.41) is 21.6. The minimum Gasteiger partial charge on any atom is -0.507 e. The van der Waals surface area contributed by atoms with Gasteiger partial charge in [-0.3, -0.25) is 4.40 Å². The number of benzene rings is 1. The number of nitrogens with zero attached hydrogens (tertiary/aromatic N) is 4. The van der Waals surface area contributed by atoms with Crippen LogP contribution in [0.5, 0.6) is 5.75 Å². The number of rotatable bonds is 3. The van der Waals surface area contributed by atoms with Crippen LogP contribution >= 0.6 is 0 Å². The second-order valence-electron chi connectivity index (χ2n) is 7.34. The van der Waals surface area contributed by atoms with Gasteiger partial charge in [0, 0.05) is 12.4 Å². The lowest BCUT2D eigenvalue weighted by Gasteiger charge is -2.16. The fraction of sp³-hybridized carbons (Fsp3) is 0.389. The van der Waals surface area contributed by atoms with E-state index in [1.54, 1.807) is 10.6 Å². The number of alkyl halides is 3. The molecule has 10 heteroatoms. The molecule has 1 saturated heterocycles. The number of aromatic hydroxyl groups is 1. The zero-order chi connectivity index (χ0) is 20.1. The Balaban J connectivity index is 1.70. The van der Waals surface area contributed by atoms with Gasteiger partial charge in [-0.25, -0.2) is 4.98 Å². The second-order valence-corrected chi connectivity index (χ2v) is 7.34. The third-order valence-corrected chi connectivity index (χ3v) is 4.65. The minimum absolute atomic E-state index is 0.0371. The van der Waals surface area contributed by atoms with Crippen molar-refractivity contribution < 1.29 is 23.0 Å². The van der Waals surface area contributed by atoms with Crippen molar-refractivity contribution in [3.05, 3.63) is 36.2 Å². The van der Waals surface area contributed by atoms with Crippen LogP contribution in [-0.4, -0.2) is 42.9 Å². The summed E-state index contributed by atoms with van der Waals surface area (Å²) in [6, 6.07) is 2.77. The highest BCUT2D eigenvalue weighted by atomic mass is 19.4. The molecule has 4 rings (SSSR count). The summed E-state index contributed by atoms with van der Waals surface area (Å²) in [6.07, 6.45) is -0.625. The number of fused-ring (bicyclic) bond motifs is 1. The number of phenolic OH excluding ortho intramolecular Hbond substituents is 1. The highest BCUT2D eigenvalue weighted by Gasteiger charge is 2.33. The average molecular weight is 393 g/mol. The van der Waals surface area contributed by atoms with Gasteiger partial charge in [0.25, 0.3) is 0 Å². The number of aromatic nitrogens is 4. The number of hydrogen-bond donors (Lipinski definition) is 2. The van der Waals surface area contributed by atoms with Gasteiger partial charge in [0.2, 0.25) is 0 Å². The lowest BCUT2D eigenvalue weighted by molar-refractivity contribution is -0.137. The van der Waals surface area contributed by atoms with Crippen LogP contribution in [0.15, 0.2) is 30.6 Å². The van der Waals surface area contributed by atoms with Gasteiger partial charge in [-0.2, -0.15) is 13.2 Å². The summed E-state index contributed by atoms with van der Waals surface area (Å²) in [5.74, 6) is 0.0875. The first-order chi connectivity index (χ1) is 13.1. The molecule has 3 heterocycles. The molecule has 1 unspecified atom stereocenters. The molecule has 28 heavy (non-hydrogen) atoms. The number of halogens is 3. The van der Waals surface area contributed by atoms with E-state index in [4.69, 9.17) is 4.74 Å². The topological polar surface area (TPSA) is 84.6 Å². The van der Waals surface area contributed by atoms with Crippen LogP contribution in [0.4, 0.5) is 19.0 Å². The number of phenols is 1. The lowest BCUT2D eigenvalue weighted by Crippen LogP contribution is -2.23. The first-order valence-corrected chi connectivity index (χ1v) is 8.65. The van der Waals surface area contributed by atoms with Gasteiger partial charge in [-0.05, 0) is 38.5 Å². The van der Waals surface area contributed by atoms with Crippen molar-refractivity contribution >= 4 is 11.5 Å². The molecule has 0 aliphatic carbocycles. The molecule has 1 atom stereocenters. The monoisotopic (exact) mass is 393 g/mol. The van der Waals surface area contributed by atoms with Gasteiger partial charge in [-0.1, -0.05) is 0 Å². The summed E-state index contributed by atoms with van der Waals surface area (Å²) in [7, 11) is 0. The van der Waals surface area contributed by atoms with Gasteiger partial charge < -0.3 is 15.2 Å². The van der Waals surface area contributed by atoms with Crippen LogP contribution in [0.2, 0.25) is 0 Å². The van der Waals surface area contributed by atoms with E-state index in [-0.39, 0.29) is 23.0 Å². The van der Waals surface area contributed by atoms with Gasteiger partial charge in [0.15, 0.2) is 17.3 Å². The van der Waals surface area contributed by atoms with Crippen LogP contribution in [0.1, 0.15) is 25.8 Å². The summed E-state index contributed by atoms with van der Waals surface area (Å²) >= 11 is 0. The summed E-state index contributed by atoms with van der Waals surface area (Å²) in [4.78, 5) is 4.27. The highest BCUT2D eigenvalue weighted by Crippen LogP contribution is 2.36. The van der Waals surface area contributed by atoms with Crippen LogP contribution in [0.25, 0.3) is 17.0 Å². The molecule has 0 saturated carbocycles. The van der Waals surface area contributed by atoms with Crippen molar-refractivity contribution in [2.45, 2.75) is 38.1 Å². The summed E-state index contributed by atoms with van der Waals surface area (Å²) in [5.41, 5.74) is -0.594. The van der Waals surface area contributed by atoms with E-state index >= 15 is 0 Å². The normalized spacial score (nSPS) is 19.2. The Kier molecular flexibility index (Phi) is 4.18. The molecule has 0 spiro atoms.